The monoisotopic (exact) mass is 391 g/mol. The number of nitrogens with one attached hydrogen (secondary N) is 1. The van der Waals surface area contributed by atoms with Crippen LogP contribution in [0.1, 0.15) is 71.6 Å². The van der Waals surface area contributed by atoms with Crippen LogP contribution in [0.15, 0.2) is 0 Å². The summed E-state index contributed by atoms with van der Waals surface area (Å²) >= 11 is 0. The summed E-state index contributed by atoms with van der Waals surface area (Å²) in [6, 6.07) is -0.428. The molecule has 0 bridgehead atoms. The SMILES string of the molecule is CC(C)C(=O)N1CCC(C(NC(=O)C2CCCC2)C(=O)N2CCCCC2)CC1. The molecule has 6 nitrogen and oxygen atoms in total. The van der Waals surface area contributed by atoms with Crippen molar-refractivity contribution in [2.75, 3.05) is 26.2 Å². The molecule has 0 aromatic heterocycles. The molecule has 0 radical (unpaired) electrons. The average Bonchev–Trinajstić information content (AvgIpc) is 3.26. The molecule has 1 N–H and O–H groups in total. The largest absolute Gasteiger partial charge is 0.344 e. The van der Waals surface area contributed by atoms with E-state index in [1.807, 2.05) is 23.6 Å². The number of rotatable bonds is 5. The lowest BCUT2D eigenvalue weighted by Gasteiger charge is -2.39. The van der Waals surface area contributed by atoms with Crippen molar-refractivity contribution in [2.24, 2.45) is 17.8 Å². The molecule has 0 aromatic carbocycles. The summed E-state index contributed by atoms with van der Waals surface area (Å²) in [5.74, 6) is 0.542. The number of carbonyl (C=O) groups excluding carboxylic acids is 3. The first-order valence-corrected chi connectivity index (χ1v) is 11.4. The van der Waals surface area contributed by atoms with Crippen molar-refractivity contribution in [3.63, 3.8) is 0 Å². The first-order chi connectivity index (χ1) is 13.5. The van der Waals surface area contributed by atoms with Gasteiger partial charge in [-0.05, 0) is 50.9 Å². The Morgan fingerprint density at radius 1 is 0.750 bits per heavy atom. The smallest absolute Gasteiger partial charge is 0.245 e. The summed E-state index contributed by atoms with van der Waals surface area (Å²) < 4.78 is 0. The van der Waals surface area contributed by atoms with Crippen LogP contribution in [0, 0.1) is 17.8 Å². The number of nitrogens with zero attached hydrogens (tertiary/aromatic N) is 2. The zero-order chi connectivity index (χ0) is 20.1. The number of carbonyl (C=O) groups is 3. The van der Waals surface area contributed by atoms with Crippen molar-refractivity contribution in [2.45, 2.75) is 77.7 Å². The minimum absolute atomic E-state index is 0.00407. The molecule has 158 valence electrons. The van der Waals surface area contributed by atoms with E-state index in [1.54, 1.807) is 0 Å². The van der Waals surface area contributed by atoms with Gasteiger partial charge in [-0.1, -0.05) is 26.7 Å². The predicted octanol–water partition coefficient (Wildman–Crippen LogP) is 2.57. The van der Waals surface area contributed by atoms with E-state index < -0.39 is 6.04 Å². The molecule has 3 rings (SSSR count). The molecule has 28 heavy (non-hydrogen) atoms. The molecule has 2 aliphatic heterocycles. The van der Waals surface area contributed by atoms with Crippen molar-refractivity contribution < 1.29 is 14.4 Å². The highest BCUT2D eigenvalue weighted by Crippen LogP contribution is 2.28. The van der Waals surface area contributed by atoms with Gasteiger partial charge in [0.2, 0.25) is 17.7 Å². The normalized spacial score (nSPS) is 23.1. The van der Waals surface area contributed by atoms with E-state index in [0.717, 1.165) is 64.5 Å². The molecular formula is C22H37N3O3. The van der Waals surface area contributed by atoms with Gasteiger partial charge >= 0.3 is 0 Å². The Morgan fingerprint density at radius 3 is 1.89 bits per heavy atom. The lowest BCUT2D eigenvalue weighted by molar-refractivity contribution is -0.141. The van der Waals surface area contributed by atoms with Gasteiger partial charge in [0.1, 0.15) is 6.04 Å². The molecule has 0 aromatic rings. The standard InChI is InChI=1S/C22H37N3O3/c1-16(2)21(27)25-14-10-17(11-15-25)19(22(28)24-12-6-3-7-13-24)23-20(26)18-8-4-5-9-18/h16-19H,3-15H2,1-2H3,(H,23,26). The zero-order valence-electron chi connectivity index (χ0n) is 17.6. The highest BCUT2D eigenvalue weighted by molar-refractivity contribution is 5.89. The fourth-order valence-electron chi connectivity index (χ4n) is 4.97. The van der Waals surface area contributed by atoms with Crippen LogP contribution in [0.4, 0.5) is 0 Å². The number of piperidine rings is 2. The third-order valence-electron chi connectivity index (χ3n) is 6.77. The predicted molar refractivity (Wildman–Crippen MR) is 108 cm³/mol. The Hall–Kier alpha value is -1.59. The third kappa shape index (κ3) is 5.06. The van der Waals surface area contributed by atoms with E-state index in [1.165, 1.54) is 6.42 Å². The number of hydrogen-bond acceptors (Lipinski definition) is 3. The number of amides is 3. The van der Waals surface area contributed by atoms with Gasteiger partial charge in [-0.3, -0.25) is 14.4 Å². The van der Waals surface area contributed by atoms with Gasteiger partial charge in [0.15, 0.2) is 0 Å². The minimum atomic E-state index is -0.428. The second-order valence-electron chi connectivity index (χ2n) is 9.17. The Bertz CT molecular complexity index is 557. The molecule has 1 unspecified atom stereocenters. The summed E-state index contributed by atoms with van der Waals surface area (Å²) in [5.41, 5.74) is 0. The maximum atomic E-state index is 13.3. The summed E-state index contributed by atoms with van der Waals surface area (Å²) in [6.45, 7) is 6.84. The Balaban J connectivity index is 1.66. The van der Waals surface area contributed by atoms with E-state index >= 15 is 0 Å². The molecule has 2 saturated heterocycles. The Labute approximate surface area is 169 Å². The number of likely N-dealkylation sites (tertiary alicyclic amines) is 2. The van der Waals surface area contributed by atoms with Gasteiger partial charge in [0.05, 0.1) is 0 Å². The Kier molecular flexibility index (Phi) is 7.36. The average molecular weight is 392 g/mol. The van der Waals surface area contributed by atoms with Crippen LogP contribution in [0.5, 0.6) is 0 Å². The van der Waals surface area contributed by atoms with Crippen molar-refractivity contribution >= 4 is 17.7 Å². The van der Waals surface area contributed by atoms with Crippen molar-refractivity contribution in [1.29, 1.82) is 0 Å². The van der Waals surface area contributed by atoms with Gasteiger partial charge < -0.3 is 15.1 Å². The second kappa shape index (κ2) is 9.75. The van der Waals surface area contributed by atoms with Crippen LogP contribution in [0.25, 0.3) is 0 Å². The van der Waals surface area contributed by atoms with Crippen LogP contribution in [-0.4, -0.2) is 59.7 Å². The molecule has 0 spiro atoms. The van der Waals surface area contributed by atoms with Crippen molar-refractivity contribution in [3.8, 4) is 0 Å². The zero-order valence-corrected chi connectivity index (χ0v) is 17.6. The lowest BCUT2D eigenvalue weighted by atomic mass is 9.87. The molecule has 3 aliphatic rings. The first-order valence-electron chi connectivity index (χ1n) is 11.4. The van der Waals surface area contributed by atoms with E-state index in [0.29, 0.717) is 13.1 Å². The highest BCUT2D eigenvalue weighted by atomic mass is 16.2. The maximum Gasteiger partial charge on any atom is 0.245 e. The van der Waals surface area contributed by atoms with Gasteiger partial charge in [0, 0.05) is 38.0 Å². The molecule has 6 heteroatoms. The summed E-state index contributed by atoms with van der Waals surface area (Å²) in [6.07, 6.45) is 8.96. The van der Waals surface area contributed by atoms with Crippen LogP contribution in [0.3, 0.4) is 0 Å². The van der Waals surface area contributed by atoms with Crippen LogP contribution in [-0.2, 0) is 14.4 Å². The summed E-state index contributed by atoms with van der Waals surface area (Å²) in [5, 5.41) is 3.16. The molecule has 1 atom stereocenters. The van der Waals surface area contributed by atoms with E-state index in [9.17, 15) is 14.4 Å². The van der Waals surface area contributed by atoms with Gasteiger partial charge in [-0.15, -0.1) is 0 Å². The van der Waals surface area contributed by atoms with Crippen molar-refractivity contribution in [1.82, 2.24) is 15.1 Å². The number of hydrogen-bond donors (Lipinski definition) is 1. The molecule has 3 amide bonds. The maximum absolute atomic E-state index is 13.3. The van der Waals surface area contributed by atoms with Gasteiger partial charge in [-0.2, -0.15) is 0 Å². The highest BCUT2D eigenvalue weighted by Gasteiger charge is 2.37. The van der Waals surface area contributed by atoms with Crippen molar-refractivity contribution in [3.05, 3.63) is 0 Å². The topological polar surface area (TPSA) is 69.7 Å². The fraction of sp³-hybridized carbons (Fsp3) is 0.864. The molecule has 1 aliphatic carbocycles. The molecular weight excluding hydrogens is 354 g/mol. The van der Waals surface area contributed by atoms with E-state index in [4.69, 9.17) is 0 Å². The third-order valence-corrected chi connectivity index (χ3v) is 6.77. The molecule has 2 heterocycles. The first kappa shape index (κ1) is 21.1. The van der Waals surface area contributed by atoms with Crippen LogP contribution >= 0.6 is 0 Å². The lowest BCUT2D eigenvalue weighted by Crippen LogP contribution is -2.56. The second-order valence-corrected chi connectivity index (χ2v) is 9.17. The minimum Gasteiger partial charge on any atom is -0.344 e. The quantitative estimate of drug-likeness (QED) is 0.783. The molecule has 3 fully saturated rings. The van der Waals surface area contributed by atoms with Crippen LogP contribution < -0.4 is 5.32 Å². The van der Waals surface area contributed by atoms with E-state index in [-0.39, 0.29) is 35.5 Å². The summed E-state index contributed by atoms with van der Waals surface area (Å²) in [4.78, 5) is 42.3. The van der Waals surface area contributed by atoms with E-state index in [2.05, 4.69) is 5.32 Å². The van der Waals surface area contributed by atoms with Crippen LogP contribution in [0.2, 0.25) is 0 Å². The fourth-order valence-corrected chi connectivity index (χ4v) is 4.97. The molecule has 1 saturated carbocycles. The van der Waals surface area contributed by atoms with Gasteiger partial charge in [-0.25, -0.2) is 0 Å². The van der Waals surface area contributed by atoms with Gasteiger partial charge in [0.25, 0.3) is 0 Å². The Morgan fingerprint density at radius 2 is 1.32 bits per heavy atom. The summed E-state index contributed by atoms with van der Waals surface area (Å²) in [7, 11) is 0.